The number of methoxy groups -OCH3 is 1. The van der Waals surface area contributed by atoms with Crippen LogP contribution in [0.4, 0.5) is 4.39 Å². The molecular formula is C19H13FN6O. The summed E-state index contributed by atoms with van der Waals surface area (Å²) >= 11 is 0. The van der Waals surface area contributed by atoms with Crippen LogP contribution in [-0.4, -0.2) is 36.5 Å². The van der Waals surface area contributed by atoms with E-state index in [-0.39, 0.29) is 5.82 Å². The smallest absolute Gasteiger partial charge is 0.182 e. The zero-order valence-electron chi connectivity index (χ0n) is 14.2. The summed E-state index contributed by atoms with van der Waals surface area (Å²) in [5, 5.41) is 9.64. The average Bonchev–Trinajstić information content (AvgIpc) is 3.32. The quantitative estimate of drug-likeness (QED) is 0.494. The van der Waals surface area contributed by atoms with E-state index >= 15 is 0 Å². The second-order valence-corrected chi connectivity index (χ2v) is 5.95. The van der Waals surface area contributed by atoms with E-state index in [1.165, 1.54) is 12.1 Å². The Morgan fingerprint density at radius 3 is 2.48 bits per heavy atom. The van der Waals surface area contributed by atoms with E-state index in [9.17, 15) is 4.39 Å². The molecule has 7 nitrogen and oxygen atoms in total. The molecule has 8 heteroatoms. The molecule has 27 heavy (non-hydrogen) atoms. The molecule has 0 fully saturated rings. The Kier molecular flexibility index (Phi) is 3.36. The van der Waals surface area contributed by atoms with E-state index in [2.05, 4.69) is 20.2 Å². The van der Waals surface area contributed by atoms with Gasteiger partial charge in [-0.05, 0) is 48.5 Å². The van der Waals surface area contributed by atoms with Crippen LogP contribution in [0, 0.1) is 5.82 Å². The maximum absolute atomic E-state index is 13.2. The average molecular weight is 360 g/mol. The van der Waals surface area contributed by atoms with Gasteiger partial charge in [-0.1, -0.05) is 0 Å². The molecule has 3 heterocycles. The van der Waals surface area contributed by atoms with Crippen LogP contribution in [0.3, 0.4) is 0 Å². The predicted octanol–water partition coefficient (Wildman–Crippen LogP) is 3.28. The molecule has 2 aromatic carbocycles. The third-order valence-electron chi connectivity index (χ3n) is 4.32. The van der Waals surface area contributed by atoms with Crippen molar-refractivity contribution in [3.05, 3.63) is 66.9 Å². The lowest BCUT2D eigenvalue weighted by molar-refractivity contribution is 0.415. The highest BCUT2D eigenvalue weighted by molar-refractivity contribution is 5.89. The van der Waals surface area contributed by atoms with E-state index in [1.807, 2.05) is 24.3 Å². The fraction of sp³-hybridized carbons (Fsp3) is 0.0526. The minimum Gasteiger partial charge on any atom is -0.497 e. The monoisotopic (exact) mass is 360 g/mol. The predicted molar refractivity (Wildman–Crippen MR) is 97.4 cm³/mol. The molecule has 0 amide bonds. The second kappa shape index (κ2) is 5.87. The first-order valence-electron chi connectivity index (χ1n) is 8.22. The van der Waals surface area contributed by atoms with Crippen molar-refractivity contribution in [1.82, 2.24) is 29.4 Å². The Morgan fingerprint density at radius 1 is 0.963 bits per heavy atom. The maximum Gasteiger partial charge on any atom is 0.182 e. The van der Waals surface area contributed by atoms with Crippen molar-refractivity contribution in [3.63, 3.8) is 0 Å². The van der Waals surface area contributed by atoms with E-state index in [4.69, 9.17) is 4.74 Å². The summed E-state index contributed by atoms with van der Waals surface area (Å²) in [5.74, 6) is 1.06. The zero-order chi connectivity index (χ0) is 18.4. The lowest BCUT2D eigenvalue weighted by atomic mass is 10.2. The Bertz CT molecular complexity index is 1260. The molecule has 5 rings (SSSR count). The molecule has 0 bridgehead atoms. The highest BCUT2D eigenvalue weighted by atomic mass is 19.1. The number of rotatable bonds is 3. The van der Waals surface area contributed by atoms with Crippen molar-refractivity contribution in [2.24, 2.45) is 0 Å². The third kappa shape index (κ3) is 2.50. The molecule has 132 valence electrons. The summed E-state index contributed by atoms with van der Waals surface area (Å²) in [4.78, 5) is 9.10. The first-order chi connectivity index (χ1) is 13.2. The lowest BCUT2D eigenvalue weighted by Crippen LogP contribution is -1.99. The summed E-state index contributed by atoms with van der Waals surface area (Å²) in [6, 6.07) is 13.6. The molecular weight excluding hydrogens is 347 g/mol. The molecule has 5 aromatic rings. The van der Waals surface area contributed by atoms with Crippen LogP contribution < -0.4 is 4.74 Å². The number of hydrogen-bond donors (Lipinski definition) is 0. The van der Waals surface area contributed by atoms with Crippen molar-refractivity contribution in [3.8, 4) is 22.8 Å². The number of aromatic nitrogens is 6. The molecule has 0 aliphatic carbocycles. The Labute approximate surface area is 152 Å². The molecule has 3 aromatic heterocycles. The highest BCUT2D eigenvalue weighted by Gasteiger charge is 2.14. The van der Waals surface area contributed by atoms with Gasteiger partial charge < -0.3 is 4.74 Å². The van der Waals surface area contributed by atoms with Crippen LogP contribution in [0.25, 0.3) is 33.8 Å². The molecule has 0 radical (unpaired) electrons. The van der Waals surface area contributed by atoms with Crippen molar-refractivity contribution < 1.29 is 9.13 Å². The maximum atomic E-state index is 13.2. The van der Waals surface area contributed by atoms with Crippen LogP contribution in [0.5, 0.6) is 5.75 Å². The van der Waals surface area contributed by atoms with Gasteiger partial charge in [0, 0.05) is 5.56 Å². The van der Waals surface area contributed by atoms with Crippen molar-refractivity contribution in [2.45, 2.75) is 0 Å². The summed E-state index contributed by atoms with van der Waals surface area (Å²) in [7, 11) is 1.62. The standard InChI is InChI=1S/C19H13FN6O/c1-27-15-8-2-12(3-9-15)17-23-19-16-10-22-26(14-6-4-13(20)5-7-14)18(16)21-11-25(19)24-17/h2-11H,1H3. The zero-order valence-corrected chi connectivity index (χ0v) is 14.2. The Balaban J connectivity index is 1.64. The molecule has 0 aliphatic heterocycles. The minimum absolute atomic E-state index is 0.299. The number of nitrogens with zero attached hydrogens (tertiary/aromatic N) is 6. The topological polar surface area (TPSA) is 70.1 Å². The molecule has 0 atom stereocenters. The normalized spacial score (nSPS) is 11.3. The molecule has 0 N–H and O–H groups in total. The second-order valence-electron chi connectivity index (χ2n) is 5.95. The SMILES string of the molecule is COc1ccc(-c2nc3c4cnn(-c5ccc(F)cc5)c4ncn3n2)cc1. The van der Waals surface area contributed by atoms with Gasteiger partial charge in [0.2, 0.25) is 0 Å². The van der Waals surface area contributed by atoms with E-state index in [1.54, 1.807) is 41.0 Å². The summed E-state index contributed by atoms with van der Waals surface area (Å²) in [6.45, 7) is 0. The van der Waals surface area contributed by atoms with Crippen LogP contribution >= 0.6 is 0 Å². The molecule has 0 saturated heterocycles. The first-order valence-corrected chi connectivity index (χ1v) is 8.22. The van der Waals surface area contributed by atoms with Crippen molar-refractivity contribution in [2.75, 3.05) is 7.11 Å². The Hall–Kier alpha value is -3.81. The van der Waals surface area contributed by atoms with Gasteiger partial charge in [-0.2, -0.15) is 5.10 Å². The molecule has 0 spiro atoms. The van der Waals surface area contributed by atoms with E-state index in [0.717, 1.165) is 22.4 Å². The van der Waals surface area contributed by atoms with Gasteiger partial charge in [0.15, 0.2) is 17.1 Å². The third-order valence-corrected chi connectivity index (χ3v) is 4.32. The van der Waals surface area contributed by atoms with Crippen LogP contribution in [0.15, 0.2) is 61.1 Å². The van der Waals surface area contributed by atoms with Gasteiger partial charge in [-0.3, -0.25) is 0 Å². The highest BCUT2D eigenvalue weighted by Crippen LogP contribution is 2.24. The van der Waals surface area contributed by atoms with Crippen molar-refractivity contribution >= 4 is 16.7 Å². The largest absolute Gasteiger partial charge is 0.497 e. The van der Waals surface area contributed by atoms with Gasteiger partial charge in [0.1, 0.15) is 17.9 Å². The van der Waals surface area contributed by atoms with Gasteiger partial charge >= 0.3 is 0 Å². The first kappa shape index (κ1) is 15.4. The summed E-state index contributed by atoms with van der Waals surface area (Å²) < 4.78 is 21.6. The number of hydrogen-bond acceptors (Lipinski definition) is 5. The van der Waals surface area contributed by atoms with Gasteiger partial charge in [-0.15, -0.1) is 5.10 Å². The molecule has 0 aliphatic rings. The minimum atomic E-state index is -0.299. The summed E-state index contributed by atoms with van der Waals surface area (Å²) in [6.07, 6.45) is 3.28. The van der Waals surface area contributed by atoms with Gasteiger partial charge in [0.05, 0.1) is 24.4 Å². The number of benzene rings is 2. The van der Waals surface area contributed by atoms with Crippen LogP contribution in [0.2, 0.25) is 0 Å². The fourth-order valence-corrected chi connectivity index (χ4v) is 2.95. The van der Waals surface area contributed by atoms with Crippen LogP contribution in [0.1, 0.15) is 0 Å². The number of ether oxygens (including phenoxy) is 1. The van der Waals surface area contributed by atoms with E-state index in [0.29, 0.717) is 17.1 Å². The van der Waals surface area contributed by atoms with Gasteiger partial charge in [0.25, 0.3) is 0 Å². The summed E-state index contributed by atoms with van der Waals surface area (Å²) in [5.41, 5.74) is 2.87. The Morgan fingerprint density at radius 2 is 1.74 bits per heavy atom. The fourth-order valence-electron chi connectivity index (χ4n) is 2.95. The van der Waals surface area contributed by atoms with Gasteiger partial charge in [-0.25, -0.2) is 23.6 Å². The molecule has 0 saturated carbocycles. The lowest BCUT2D eigenvalue weighted by Gasteiger charge is -2.02. The number of halogens is 1. The number of fused-ring (bicyclic) bond motifs is 3. The molecule has 0 unspecified atom stereocenters. The van der Waals surface area contributed by atoms with Crippen molar-refractivity contribution in [1.29, 1.82) is 0 Å². The van der Waals surface area contributed by atoms with E-state index < -0.39 is 0 Å². The van der Waals surface area contributed by atoms with Crippen LogP contribution in [-0.2, 0) is 0 Å².